The standard InChI is InChI=1S/C14H19N3O2/c1-4-10(15)14-16-8-11(17-14)9-5-6-12(18-2)13(7-9)19-3/h5-8,10H,4,15H2,1-3H3,(H,16,17). The fourth-order valence-corrected chi connectivity index (χ4v) is 1.87. The van der Waals surface area contributed by atoms with Crippen molar-refractivity contribution in [1.29, 1.82) is 0 Å². The Morgan fingerprint density at radius 3 is 2.63 bits per heavy atom. The van der Waals surface area contributed by atoms with Gasteiger partial charge < -0.3 is 20.2 Å². The molecule has 0 saturated carbocycles. The van der Waals surface area contributed by atoms with E-state index in [2.05, 4.69) is 9.97 Å². The number of hydrogen-bond donors (Lipinski definition) is 2. The highest BCUT2D eigenvalue weighted by molar-refractivity contribution is 5.63. The number of aromatic nitrogens is 2. The van der Waals surface area contributed by atoms with Crippen LogP contribution in [0.2, 0.25) is 0 Å². The maximum Gasteiger partial charge on any atom is 0.161 e. The van der Waals surface area contributed by atoms with Crippen LogP contribution >= 0.6 is 0 Å². The van der Waals surface area contributed by atoms with Crippen molar-refractivity contribution in [3.63, 3.8) is 0 Å². The van der Waals surface area contributed by atoms with Crippen molar-refractivity contribution >= 4 is 0 Å². The van der Waals surface area contributed by atoms with E-state index in [-0.39, 0.29) is 6.04 Å². The zero-order valence-corrected chi connectivity index (χ0v) is 11.4. The first-order valence-electron chi connectivity index (χ1n) is 6.22. The highest BCUT2D eigenvalue weighted by atomic mass is 16.5. The van der Waals surface area contributed by atoms with Gasteiger partial charge in [-0.3, -0.25) is 0 Å². The molecule has 3 N–H and O–H groups in total. The van der Waals surface area contributed by atoms with Gasteiger partial charge in [-0.1, -0.05) is 6.92 Å². The molecule has 0 amide bonds. The van der Waals surface area contributed by atoms with Crippen LogP contribution in [0.25, 0.3) is 11.3 Å². The van der Waals surface area contributed by atoms with Gasteiger partial charge in [0, 0.05) is 5.56 Å². The summed E-state index contributed by atoms with van der Waals surface area (Å²) in [5.74, 6) is 2.19. The molecule has 19 heavy (non-hydrogen) atoms. The van der Waals surface area contributed by atoms with Crippen LogP contribution < -0.4 is 15.2 Å². The van der Waals surface area contributed by atoms with E-state index in [0.29, 0.717) is 11.5 Å². The monoisotopic (exact) mass is 261 g/mol. The van der Waals surface area contributed by atoms with Gasteiger partial charge in [-0.2, -0.15) is 0 Å². The third-order valence-electron chi connectivity index (χ3n) is 3.08. The number of nitrogens with one attached hydrogen (secondary N) is 1. The van der Waals surface area contributed by atoms with Gasteiger partial charge in [0.05, 0.1) is 32.2 Å². The predicted octanol–water partition coefficient (Wildman–Crippen LogP) is 2.50. The number of methoxy groups -OCH3 is 2. The van der Waals surface area contributed by atoms with Gasteiger partial charge in [0.15, 0.2) is 11.5 Å². The first kappa shape index (κ1) is 13.4. The third-order valence-corrected chi connectivity index (χ3v) is 3.08. The SMILES string of the molecule is CCC(N)c1ncc(-c2ccc(OC)c(OC)c2)[nH]1. The fraction of sp³-hybridized carbons (Fsp3) is 0.357. The number of benzene rings is 1. The molecule has 1 atom stereocenters. The molecule has 0 fully saturated rings. The molecule has 102 valence electrons. The minimum Gasteiger partial charge on any atom is -0.493 e. The van der Waals surface area contributed by atoms with E-state index in [1.807, 2.05) is 25.1 Å². The minimum atomic E-state index is -0.0612. The number of ether oxygens (including phenoxy) is 2. The van der Waals surface area contributed by atoms with Crippen LogP contribution in [0.4, 0.5) is 0 Å². The molecule has 1 aromatic carbocycles. The maximum absolute atomic E-state index is 5.95. The number of aromatic amines is 1. The average molecular weight is 261 g/mol. The van der Waals surface area contributed by atoms with Crippen LogP contribution in [-0.2, 0) is 0 Å². The van der Waals surface area contributed by atoms with Crippen LogP contribution in [0.1, 0.15) is 25.2 Å². The van der Waals surface area contributed by atoms with Crippen molar-refractivity contribution in [2.75, 3.05) is 14.2 Å². The molecule has 0 spiro atoms. The summed E-state index contributed by atoms with van der Waals surface area (Å²) < 4.78 is 10.5. The lowest BCUT2D eigenvalue weighted by molar-refractivity contribution is 0.355. The number of nitrogens with zero attached hydrogens (tertiary/aromatic N) is 1. The molecule has 0 aliphatic carbocycles. The molecule has 5 nitrogen and oxygen atoms in total. The number of hydrogen-bond acceptors (Lipinski definition) is 4. The molecule has 0 radical (unpaired) electrons. The van der Waals surface area contributed by atoms with Gasteiger partial charge in [-0.25, -0.2) is 4.98 Å². The van der Waals surface area contributed by atoms with Crippen molar-refractivity contribution in [2.24, 2.45) is 5.73 Å². The minimum absolute atomic E-state index is 0.0612. The second-order valence-corrected chi connectivity index (χ2v) is 4.27. The van der Waals surface area contributed by atoms with Crippen LogP contribution in [0.5, 0.6) is 11.5 Å². The molecule has 0 bridgehead atoms. The van der Waals surface area contributed by atoms with Crippen LogP contribution in [0.15, 0.2) is 24.4 Å². The zero-order valence-electron chi connectivity index (χ0n) is 11.4. The fourth-order valence-electron chi connectivity index (χ4n) is 1.87. The lowest BCUT2D eigenvalue weighted by atomic mass is 10.1. The maximum atomic E-state index is 5.95. The topological polar surface area (TPSA) is 73.2 Å². The largest absolute Gasteiger partial charge is 0.493 e. The molecule has 2 rings (SSSR count). The number of H-pyrrole nitrogens is 1. The molecule has 0 aliphatic rings. The summed E-state index contributed by atoms with van der Waals surface area (Å²) >= 11 is 0. The Hall–Kier alpha value is -2.01. The summed E-state index contributed by atoms with van der Waals surface area (Å²) in [6.45, 7) is 2.03. The van der Waals surface area contributed by atoms with Crippen molar-refractivity contribution < 1.29 is 9.47 Å². The lowest BCUT2D eigenvalue weighted by Crippen LogP contribution is -2.10. The Morgan fingerprint density at radius 2 is 2.00 bits per heavy atom. The second-order valence-electron chi connectivity index (χ2n) is 4.27. The van der Waals surface area contributed by atoms with Crippen LogP contribution in [0, 0.1) is 0 Å². The Balaban J connectivity index is 2.34. The average Bonchev–Trinajstić information content (AvgIpc) is 2.95. The van der Waals surface area contributed by atoms with Gasteiger partial charge in [0.25, 0.3) is 0 Å². The van der Waals surface area contributed by atoms with E-state index in [0.717, 1.165) is 23.5 Å². The molecular weight excluding hydrogens is 242 g/mol. The van der Waals surface area contributed by atoms with Gasteiger partial charge in [-0.05, 0) is 24.6 Å². The summed E-state index contributed by atoms with van der Waals surface area (Å²) in [5.41, 5.74) is 7.85. The Morgan fingerprint density at radius 1 is 1.26 bits per heavy atom. The van der Waals surface area contributed by atoms with E-state index >= 15 is 0 Å². The zero-order chi connectivity index (χ0) is 13.8. The third kappa shape index (κ3) is 2.71. The number of nitrogens with two attached hydrogens (primary N) is 1. The summed E-state index contributed by atoms with van der Waals surface area (Å²) in [7, 11) is 3.24. The first-order valence-corrected chi connectivity index (χ1v) is 6.22. The molecule has 0 saturated heterocycles. The lowest BCUT2D eigenvalue weighted by Gasteiger charge is -2.08. The quantitative estimate of drug-likeness (QED) is 0.867. The first-order chi connectivity index (χ1) is 9.19. The number of imidazole rings is 1. The Kier molecular flexibility index (Phi) is 4.06. The van der Waals surface area contributed by atoms with Crippen LogP contribution in [-0.4, -0.2) is 24.2 Å². The molecule has 1 aromatic heterocycles. The van der Waals surface area contributed by atoms with E-state index in [1.54, 1.807) is 20.4 Å². The van der Waals surface area contributed by atoms with Crippen molar-refractivity contribution in [3.05, 3.63) is 30.2 Å². The molecule has 2 aromatic rings. The summed E-state index contributed by atoms with van der Waals surface area (Å²) in [5, 5.41) is 0. The summed E-state index contributed by atoms with van der Waals surface area (Å²) in [6, 6.07) is 5.67. The van der Waals surface area contributed by atoms with E-state index in [1.165, 1.54) is 0 Å². The molecule has 5 heteroatoms. The Labute approximate surface area is 112 Å². The van der Waals surface area contributed by atoms with Gasteiger partial charge in [-0.15, -0.1) is 0 Å². The summed E-state index contributed by atoms with van der Waals surface area (Å²) in [6.07, 6.45) is 2.63. The van der Waals surface area contributed by atoms with Gasteiger partial charge >= 0.3 is 0 Å². The molecule has 1 heterocycles. The second kappa shape index (κ2) is 5.75. The Bertz CT molecular complexity index is 551. The number of rotatable bonds is 5. The van der Waals surface area contributed by atoms with Crippen molar-refractivity contribution in [3.8, 4) is 22.8 Å². The van der Waals surface area contributed by atoms with Crippen molar-refractivity contribution in [2.45, 2.75) is 19.4 Å². The highest BCUT2D eigenvalue weighted by Gasteiger charge is 2.11. The molecular formula is C14H19N3O2. The van der Waals surface area contributed by atoms with E-state index in [9.17, 15) is 0 Å². The molecule has 1 unspecified atom stereocenters. The van der Waals surface area contributed by atoms with Gasteiger partial charge in [0.2, 0.25) is 0 Å². The van der Waals surface area contributed by atoms with Gasteiger partial charge in [0.1, 0.15) is 5.82 Å². The van der Waals surface area contributed by atoms with Crippen LogP contribution in [0.3, 0.4) is 0 Å². The smallest absolute Gasteiger partial charge is 0.161 e. The normalized spacial score (nSPS) is 12.2. The summed E-state index contributed by atoms with van der Waals surface area (Å²) in [4.78, 5) is 7.55. The van der Waals surface area contributed by atoms with E-state index < -0.39 is 0 Å². The van der Waals surface area contributed by atoms with Crippen molar-refractivity contribution in [1.82, 2.24) is 9.97 Å². The highest BCUT2D eigenvalue weighted by Crippen LogP contribution is 2.31. The predicted molar refractivity (Wildman–Crippen MR) is 74.3 cm³/mol. The van der Waals surface area contributed by atoms with E-state index in [4.69, 9.17) is 15.2 Å². The molecule has 0 aliphatic heterocycles.